The van der Waals surface area contributed by atoms with Crippen molar-refractivity contribution in [2.75, 3.05) is 45.9 Å². The van der Waals surface area contributed by atoms with E-state index in [2.05, 4.69) is 50.8 Å². The van der Waals surface area contributed by atoms with Crippen LogP contribution in [-0.4, -0.2) is 79.6 Å². The molecule has 0 aliphatic carbocycles. The van der Waals surface area contributed by atoms with Crippen molar-refractivity contribution >= 4 is 11.8 Å². The largest absolute Gasteiger partial charge is 0.381 e. The summed E-state index contributed by atoms with van der Waals surface area (Å²) in [6.45, 7) is 9.02. The van der Waals surface area contributed by atoms with Gasteiger partial charge < -0.3 is 20.3 Å². The summed E-state index contributed by atoms with van der Waals surface area (Å²) in [4.78, 5) is 31.1. The van der Waals surface area contributed by atoms with Crippen LogP contribution >= 0.6 is 0 Å². The van der Waals surface area contributed by atoms with Crippen molar-refractivity contribution in [1.29, 1.82) is 0 Å². The Morgan fingerprint density at radius 1 is 0.943 bits per heavy atom. The molecule has 3 heterocycles. The van der Waals surface area contributed by atoms with Crippen molar-refractivity contribution < 1.29 is 14.3 Å². The van der Waals surface area contributed by atoms with Crippen molar-refractivity contribution in [1.82, 2.24) is 20.4 Å². The monoisotopic (exact) mass is 484 g/mol. The minimum absolute atomic E-state index is 0.0652. The van der Waals surface area contributed by atoms with E-state index in [1.807, 2.05) is 0 Å². The van der Waals surface area contributed by atoms with Crippen LogP contribution in [0.25, 0.3) is 0 Å². The third-order valence-corrected chi connectivity index (χ3v) is 8.26. The number of carbonyl (C=O) groups is 2. The molecule has 1 spiro atoms. The summed E-state index contributed by atoms with van der Waals surface area (Å²) in [7, 11) is 0. The van der Waals surface area contributed by atoms with E-state index in [0.717, 1.165) is 77.9 Å². The Kier molecular flexibility index (Phi) is 9.58. The third-order valence-electron chi connectivity index (χ3n) is 8.26. The molecule has 7 nitrogen and oxygen atoms in total. The fraction of sp³-hybridized carbons (Fsp3) is 0.714. The predicted octanol–water partition coefficient (Wildman–Crippen LogP) is 2.94. The van der Waals surface area contributed by atoms with Crippen LogP contribution in [0.2, 0.25) is 0 Å². The van der Waals surface area contributed by atoms with Gasteiger partial charge in [-0.1, -0.05) is 36.8 Å². The number of hydrogen-bond donors (Lipinski definition) is 2. The molecule has 0 radical (unpaired) electrons. The predicted molar refractivity (Wildman–Crippen MR) is 138 cm³/mol. The minimum atomic E-state index is -0.504. The van der Waals surface area contributed by atoms with Gasteiger partial charge in [0, 0.05) is 32.3 Å². The third kappa shape index (κ3) is 7.28. The maximum atomic E-state index is 13.5. The first kappa shape index (κ1) is 26.1. The van der Waals surface area contributed by atoms with Gasteiger partial charge in [-0.3, -0.25) is 14.5 Å². The van der Waals surface area contributed by atoms with Crippen LogP contribution in [0.3, 0.4) is 0 Å². The van der Waals surface area contributed by atoms with E-state index < -0.39 is 6.04 Å². The van der Waals surface area contributed by atoms with Crippen molar-refractivity contribution in [3.63, 3.8) is 0 Å². The SMILES string of the molecule is C[C@@H]1NC(=O)C2(CCCCOCCCNC1=O)CCN(C1CCN(Cc3ccccc3)CC1)CC2. The molecular formula is C28H44N4O3. The molecule has 1 aromatic carbocycles. The molecule has 3 fully saturated rings. The summed E-state index contributed by atoms with van der Waals surface area (Å²) in [5.74, 6) is -0.0410. The Labute approximate surface area is 210 Å². The van der Waals surface area contributed by atoms with Gasteiger partial charge in [-0.25, -0.2) is 0 Å². The summed E-state index contributed by atoms with van der Waals surface area (Å²) in [6, 6.07) is 10.8. The first-order valence-electron chi connectivity index (χ1n) is 13.7. The maximum absolute atomic E-state index is 13.5. The van der Waals surface area contributed by atoms with Crippen LogP contribution < -0.4 is 10.6 Å². The van der Waals surface area contributed by atoms with E-state index in [1.54, 1.807) is 6.92 Å². The number of hydrogen-bond acceptors (Lipinski definition) is 5. The van der Waals surface area contributed by atoms with Gasteiger partial charge in [-0.2, -0.15) is 0 Å². The zero-order valence-electron chi connectivity index (χ0n) is 21.5. The molecule has 0 bridgehead atoms. The van der Waals surface area contributed by atoms with Gasteiger partial charge in [-0.15, -0.1) is 0 Å². The molecule has 1 aromatic rings. The first-order valence-corrected chi connectivity index (χ1v) is 13.7. The van der Waals surface area contributed by atoms with Crippen LogP contribution in [0.4, 0.5) is 0 Å². The molecule has 35 heavy (non-hydrogen) atoms. The molecule has 1 atom stereocenters. The molecule has 2 amide bonds. The number of nitrogens with zero attached hydrogens (tertiary/aromatic N) is 2. The van der Waals surface area contributed by atoms with Gasteiger partial charge in [-0.05, 0) is 83.6 Å². The van der Waals surface area contributed by atoms with Crippen LogP contribution in [0, 0.1) is 5.41 Å². The fourth-order valence-corrected chi connectivity index (χ4v) is 5.92. The second-order valence-corrected chi connectivity index (χ2v) is 10.7. The molecule has 0 aromatic heterocycles. The highest BCUT2D eigenvalue weighted by Gasteiger charge is 2.43. The van der Waals surface area contributed by atoms with E-state index in [-0.39, 0.29) is 17.2 Å². The quantitative estimate of drug-likeness (QED) is 0.690. The molecule has 0 saturated carbocycles. The van der Waals surface area contributed by atoms with E-state index >= 15 is 0 Å². The number of nitrogens with one attached hydrogen (secondary N) is 2. The average molecular weight is 485 g/mol. The Hall–Kier alpha value is -1.96. The van der Waals surface area contributed by atoms with E-state index in [1.165, 1.54) is 18.4 Å². The zero-order valence-corrected chi connectivity index (χ0v) is 21.5. The van der Waals surface area contributed by atoms with Gasteiger partial charge in [0.1, 0.15) is 6.04 Å². The lowest BCUT2D eigenvalue weighted by Crippen LogP contribution is -2.55. The molecule has 3 saturated heterocycles. The number of benzene rings is 1. The minimum Gasteiger partial charge on any atom is -0.381 e. The van der Waals surface area contributed by atoms with Crippen LogP contribution in [-0.2, 0) is 20.9 Å². The van der Waals surface area contributed by atoms with Crippen LogP contribution in [0.5, 0.6) is 0 Å². The van der Waals surface area contributed by atoms with Gasteiger partial charge >= 0.3 is 0 Å². The van der Waals surface area contributed by atoms with Crippen LogP contribution in [0.1, 0.15) is 63.9 Å². The Morgan fingerprint density at radius 3 is 2.40 bits per heavy atom. The van der Waals surface area contributed by atoms with Gasteiger partial charge in [0.2, 0.25) is 11.8 Å². The maximum Gasteiger partial charge on any atom is 0.242 e. The highest BCUT2D eigenvalue weighted by atomic mass is 16.5. The Bertz CT molecular complexity index is 802. The number of rotatable bonds is 3. The molecule has 2 N–H and O–H groups in total. The zero-order chi connectivity index (χ0) is 24.5. The second kappa shape index (κ2) is 12.8. The molecule has 0 unspecified atom stereocenters. The molecule has 194 valence electrons. The number of amides is 2. The average Bonchev–Trinajstić information content (AvgIpc) is 2.88. The lowest BCUT2D eigenvalue weighted by atomic mass is 9.73. The lowest BCUT2D eigenvalue weighted by Gasteiger charge is -2.46. The van der Waals surface area contributed by atoms with Crippen molar-refractivity contribution in [2.24, 2.45) is 5.41 Å². The molecule has 7 heteroatoms. The number of likely N-dealkylation sites (tertiary alicyclic amines) is 2. The fourth-order valence-electron chi connectivity index (χ4n) is 5.92. The van der Waals surface area contributed by atoms with E-state index in [4.69, 9.17) is 4.74 Å². The van der Waals surface area contributed by atoms with Gasteiger partial charge in [0.15, 0.2) is 0 Å². The normalized spacial score (nSPS) is 26.6. The standard InChI is InChI=1S/C28H44N4O3/c1-23-26(33)29-15-7-21-35-20-6-5-12-28(27(34)30-23)13-18-32(19-14-28)25-10-16-31(17-11-25)22-24-8-3-2-4-9-24/h2-4,8-9,23,25H,5-7,10-22H2,1H3,(H,29,33)(H,30,34)/t23-/m0/s1. The van der Waals surface area contributed by atoms with Crippen molar-refractivity contribution in [3.05, 3.63) is 35.9 Å². The van der Waals surface area contributed by atoms with E-state index in [9.17, 15) is 9.59 Å². The van der Waals surface area contributed by atoms with Crippen LogP contribution in [0.15, 0.2) is 30.3 Å². The topological polar surface area (TPSA) is 73.9 Å². The van der Waals surface area contributed by atoms with Crippen molar-refractivity contribution in [3.8, 4) is 0 Å². The summed E-state index contributed by atoms with van der Waals surface area (Å²) in [6.07, 6.45) is 7.79. The summed E-state index contributed by atoms with van der Waals surface area (Å²) in [5.41, 5.74) is 1.02. The van der Waals surface area contributed by atoms with Gasteiger partial charge in [0.25, 0.3) is 0 Å². The lowest BCUT2D eigenvalue weighted by molar-refractivity contribution is -0.138. The highest BCUT2D eigenvalue weighted by Crippen LogP contribution is 2.38. The Balaban J connectivity index is 1.30. The number of ether oxygens (including phenoxy) is 1. The first-order chi connectivity index (χ1) is 17.1. The molecule has 4 rings (SSSR count). The summed E-state index contributed by atoms with van der Waals surface area (Å²) >= 11 is 0. The highest BCUT2D eigenvalue weighted by molar-refractivity contribution is 5.89. The smallest absolute Gasteiger partial charge is 0.242 e. The Morgan fingerprint density at radius 2 is 1.66 bits per heavy atom. The number of piperidine rings is 2. The van der Waals surface area contributed by atoms with E-state index in [0.29, 0.717) is 19.2 Å². The molecular weight excluding hydrogens is 440 g/mol. The summed E-state index contributed by atoms with van der Waals surface area (Å²) in [5, 5.41) is 5.98. The summed E-state index contributed by atoms with van der Waals surface area (Å²) < 4.78 is 5.72. The number of carbonyl (C=O) groups excluding carboxylic acids is 2. The second-order valence-electron chi connectivity index (χ2n) is 10.7. The van der Waals surface area contributed by atoms with Gasteiger partial charge in [0.05, 0.1) is 5.41 Å². The molecule has 3 aliphatic heterocycles. The van der Waals surface area contributed by atoms with Crippen molar-refractivity contribution in [2.45, 2.75) is 76.9 Å². The molecule has 3 aliphatic rings.